The number of hydrogen-bond acceptors (Lipinski definition) is 4. The first-order chi connectivity index (χ1) is 13.3. The molecule has 0 unspecified atom stereocenters. The van der Waals surface area contributed by atoms with Crippen LogP contribution in [0.2, 0.25) is 0 Å². The predicted octanol–water partition coefficient (Wildman–Crippen LogP) is 3.04. The molecule has 0 atom stereocenters. The van der Waals surface area contributed by atoms with Crippen molar-refractivity contribution >= 4 is 17.3 Å². The van der Waals surface area contributed by atoms with Gasteiger partial charge in [0.1, 0.15) is 12.4 Å². The van der Waals surface area contributed by atoms with Crippen molar-refractivity contribution in [2.75, 3.05) is 33.3 Å². The summed E-state index contributed by atoms with van der Waals surface area (Å²) in [6, 6.07) is 10.3. The van der Waals surface area contributed by atoms with Crippen LogP contribution in [0.4, 0.5) is 0 Å². The van der Waals surface area contributed by atoms with Gasteiger partial charge in [-0.15, -0.1) is 11.3 Å². The third-order valence-electron chi connectivity index (χ3n) is 4.61. The second-order valence-electron chi connectivity index (χ2n) is 6.46. The number of benzene rings is 1. The van der Waals surface area contributed by atoms with Crippen molar-refractivity contribution in [1.29, 1.82) is 0 Å². The van der Waals surface area contributed by atoms with Crippen LogP contribution in [0.5, 0.6) is 5.75 Å². The molecule has 0 saturated carbocycles. The molecular weight excluding hydrogens is 356 g/mol. The highest BCUT2D eigenvalue weighted by Crippen LogP contribution is 2.23. The van der Waals surface area contributed by atoms with Gasteiger partial charge in [-0.05, 0) is 29.5 Å². The molecule has 144 valence electrons. The van der Waals surface area contributed by atoms with Crippen molar-refractivity contribution in [3.63, 3.8) is 0 Å². The van der Waals surface area contributed by atoms with Gasteiger partial charge in [0, 0.05) is 50.2 Å². The van der Waals surface area contributed by atoms with E-state index in [0.717, 1.165) is 43.5 Å². The number of para-hydroxylation sites is 1. The van der Waals surface area contributed by atoms with Crippen molar-refractivity contribution in [2.24, 2.45) is 4.99 Å². The van der Waals surface area contributed by atoms with Crippen LogP contribution in [-0.4, -0.2) is 44.1 Å². The lowest BCUT2D eigenvalue weighted by molar-refractivity contribution is 0.260. The van der Waals surface area contributed by atoms with Crippen molar-refractivity contribution < 1.29 is 4.74 Å². The molecule has 0 saturated heterocycles. The SMILES string of the molecule is C=CCOc1ccccc1CNC(=NC)NCCN1CCc2sccc2C1. The van der Waals surface area contributed by atoms with E-state index in [4.69, 9.17) is 4.74 Å². The standard InChI is InChI=1S/C21H28N4OS/c1-3-13-26-19-7-5-4-6-17(19)15-24-21(22-2)23-10-12-25-11-8-20-18(16-25)9-14-27-20/h3-7,9,14H,1,8,10-13,15-16H2,2H3,(H2,22,23,24). The molecule has 2 heterocycles. The van der Waals surface area contributed by atoms with Crippen LogP contribution in [0.3, 0.4) is 0 Å². The summed E-state index contributed by atoms with van der Waals surface area (Å²) in [7, 11) is 1.80. The number of ether oxygens (including phenoxy) is 1. The number of aliphatic imine (C=N–C) groups is 1. The molecule has 0 amide bonds. The molecule has 1 aliphatic rings. The molecule has 1 aromatic carbocycles. The third kappa shape index (κ3) is 5.58. The van der Waals surface area contributed by atoms with Crippen LogP contribution in [0.15, 0.2) is 53.4 Å². The maximum atomic E-state index is 5.71. The molecule has 1 aromatic heterocycles. The summed E-state index contributed by atoms with van der Waals surface area (Å²) in [5.74, 6) is 1.68. The maximum Gasteiger partial charge on any atom is 0.191 e. The van der Waals surface area contributed by atoms with Crippen molar-refractivity contribution in [3.05, 3.63) is 64.4 Å². The second kappa shape index (κ2) is 10.1. The van der Waals surface area contributed by atoms with Crippen LogP contribution in [0.1, 0.15) is 16.0 Å². The number of fused-ring (bicyclic) bond motifs is 1. The Hall–Kier alpha value is -2.31. The Morgan fingerprint density at radius 3 is 3.07 bits per heavy atom. The Balaban J connectivity index is 1.43. The molecule has 0 radical (unpaired) electrons. The topological polar surface area (TPSA) is 48.9 Å². The Kier molecular flexibility index (Phi) is 7.30. The largest absolute Gasteiger partial charge is 0.489 e. The van der Waals surface area contributed by atoms with E-state index in [2.05, 4.69) is 44.6 Å². The summed E-state index contributed by atoms with van der Waals surface area (Å²) in [6.07, 6.45) is 2.92. The minimum absolute atomic E-state index is 0.506. The van der Waals surface area contributed by atoms with Gasteiger partial charge in [-0.1, -0.05) is 30.9 Å². The first-order valence-corrected chi connectivity index (χ1v) is 10.2. The number of hydrogen-bond donors (Lipinski definition) is 2. The number of thiophene rings is 1. The number of nitrogens with zero attached hydrogens (tertiary/aromatic N) is 2. The molecule has 5 nitrogen and oxygen atoms in total. The molecule has 27 heavy (non-hydrogen) atoms. The minimum atomic E-state index is 0.506. The highest BCUT2D eigenvalue weighted by molar-refractivity contribution is 7.10. The molecule has 0 fully saturated rings. The normalized spacial score (nSPS) is 14.5. The fraction of sp³-hybridized carbons (Fsp3) is 0.381. The van der Waals surface area contributed by atoms with Crippen LogP contribution in [0.25, 0.3) is 0 Å². The van der Waals surface area contributed by atoms with Crippen LogP contribution in [-0.2, 0) is 19.5 Å². The summed E-state index contributed by atoms with van der Waals surface area (Å²) in [6.45, 7) is 8.94. The van der Waals surface area contributed by atoms with E-state index in [0.29, 0.717) is 13.2 Å². The second-order valence-corrected chi connectivity index (χ2v) is 7.46. The molecule has 0 spiro atoms. The Morgan fingerprint density at radius 1 is 1.33 bits per heavy atom. The predicted molar refractivity (Wildman–Crippen MR) is 114 cm³/mol. The highest BCUT2D eigenvalue weighted by atomic mass is 32.1. The van der Waals surface area contributed by atoms with Crippen LogP contribution >= 0.6 is 11.3 Å². The summed E-state index contributed by atoms with van der Waals surface area (Å²) in [4.78, 5) is 8.37. The molecule has 2 aromatic rings. The average Bonchev–Trinajstić information content (AvgIpc) is 3.17. The first kappa shape index (κ1) is 19.5. The first-order valence-electron chi connectivity index (χ1n) is 9.34. The number of guanidine groups is 1. The van der Waals surface area contributed by atoms with E-state index in [9.17, 15) is 0 Å². The Morgan fingerprint density at radius 2 is 2.22 bits per heavy atom. The van der Waals surface area contributed by atoms with E-state index < -0.39 is 0 Å². The average molecular weight is 385 g/mol. The summed E-state index contributed by atoms with van der Waals surface area (Å²) >= 11 is 1.88. The van der Waals surface area contributed by atoms with Gasteiger partial charge in [-0.2, -0.15) is 0 Å². The van der Waals surface area contributed by atoms with E-state index in [-0.39, 0.29) is 0 Å². The van der Waals surface area contributed by atoms with Crippen molar-refractivity contribution in [3.8, 4) is 5.75 Å². The van der Waals surface area contributed by atoms with Gasteiger partial charge in [-0.3, -0.25) is 9.89 Å². The van der Waals surface area contributed by atoms with Crippen molar-refractivity contribution in [1.82, 2.24) is 15.5 Å². The number of nitrogens with one attached hydrogen (secondary N) is 2. The van der Waals surface area contributed by atoms with Gasteiger partial charge >= 0.3 is 0 Å². The van der Waals surface area contributed by atoms with Crippen molar-refractivity contribution in [2.45, 2.75) is 19.5 Å². The molecule has 1 aliphatic heterocycles. The van der Waals surface area contributed by atoms with E-state index in [1.165, 1.54) is 12.0 Å². The molecule has 2 N–H and O–H groups in total. The molecule has 0 bridgehead atoms. The smallest absolute Gasteiger partial charge is 0.191 e. The Bertz CT molecular complexity index is 771. The number of rotatable bonds is 8. The zero-order chi connectivity index (χ0) is 18.9. The molecule has 0 aliphatic carbocycles. The quantitative estimate of drug-likeness (QED) is 0.417. The zero-order valence-electron chi connectivity index (χ0n) is 15.9. The van der Waals surface area contributed by atoms with Gasteiger partial charge in [0.15, 0.2) is 5.96 Å². The fourth-order valence-electron chi connectivity index (χ4n) is 3.17. The van der Waals surface area contributed by atoms with Crippen LogP contribution < -0.4 is 15.4 Å². The van der Waals surface area contributed by atoms with E-state index in [1.807, 2.05) is 29.5 Å². The van der Waals surface area contributed by atoms with Crippen LogP contribution in [0, 0.1) is 0 Å². The highest BCUT2D eigenvalue weighted by Gasteiger charge is 2.16. The van der Waals surface area contributed by atoms with Gasteiger partial charge in [-0.25, -0.2) is 0 Å². The van der Waals surface area contributed by atoms with E-state index >= 15 is 0 Å². The lowest BCUT2D eigenvalue weighted by atomic mass is 10.1. The Labute approximate surface area is 165 Å². The van der Waals surface area contributed by atoms with Gasteiger partial charge < -0.3 is 15.4 Å². The summed E-state index contributed by atoms with van der Waals surface area (Å²) < 4.78 is 5.71. The van der Waals surface area contributed by atoms with Gasteiger partial charge in [0.25, 0.3) is 0 Å². The van der Waals surface area contributed by atoms with E-state index in [1.54, 1.807) is 18.0 Å². The fourth-order valence-corrected chi connectivity index (χ4v) is 4.06. The minimum Gasteiger partial charge on any atom is -0.489 e. The summed E-state index contributed by atoms with van der Waals surface area (Å²) in [5, 5.41) is 8.98. The van der Waals surface area contributed by atoms with Gasteiger partial charge in [0.05, 0.1) is 0 Å². The lowest BCUT2D eigenvalue weighted by Gasteiger charge is -2.27. The lowest BCUT2D eigenvalue weighted by Crippen LogP contribution is -2.42. The molecule has 3 rings (SSSR count). The molecule has 6 heteroatoms. The maximum absolute atomic E-state index is 5.71. The summed E-state index contributed by atoms with van der Waals surface area (Å²) in [5.41, 5.74) is 2.59. The molecular formula is C21H28N4OS. The van der Waals surface area contributed by atoms with Gasteiger partial charge in [0.2, 0.25) is 0 Å². The monoisotopic (exact) mass is 384 g/mol. The third-order valence-corrected chi connectivity index (χ3v) is 5.63. The zero-order valence-corrected chi connectivity index (χ0v) is 16.7.